The van der Waals surface area contributed by atoms with Gasteiger partial charge in [-0.15, -0.1) is 0 Å². The first-order valence-electron chi connectivity index (χ1n) is 10.2. The van der Waals surface area contributed by atoms with Crippen molar-refractivity contribution in [1.82, 2.24) is 10.2 Å². The summed E-state index contributed by atoms with van der Waals surface area (Å²) in [5.74, 6) is -1.02. The number of benzene rings is 1. The molecule has 30 heavy (non-hydrogen) atoms. The van der Waals surface area contributed by atoms with Gasteiger partial charge in [-0.3, -0.25) is 4.79 Å². The second-order valence-electron chi connectivity index (χ2n) is 9.19. The topological polar surface area (TPSA) is 96.7 Å². The van der Waals surface area contributed by atoms with Crippen molar-refractivity contribution in [2.45, 2.75) is 64.4 Å². The second-order valence-corrected chi connectivity index (χ2v) is 9.19. The number of nitrogen functional groups attached to an aromatic ring is 1. The van der Waals surface area contributed by atoms with Crippen LogP contribution in [0.5, 0.6) is 0 Å². The summed E-state index contributed by atoms with van der Waals surface area (Å²) < 4.78 is 34.3. The normalized spacial score (nSPS) is 26.1. The summed E-state index contributed by atoms with van der Waals surface area (Å²) in [4.78, 5) is 26.2. The van der Waals surface area contributed by atoms with E-state index < -0.39 is 35.6 Å². The molecule has 1 aliphatic heterocycles. The van der Waals surface area contributed by atoms with Crippen molar-refractivity contribution < 1.29 is 23.1 Å². The first kappa shape index (κ1) is 22.1. The van der Waals surface area contributed by atoms with Gasteiger partial charge in [-0.1, -0.05) is 6.92 Å². The van der Waals surface area contributed by atoms with Gasteiger partial charge in [-0.2, -0.15) is 0 Å². The molecule has 1 aliphatic carbocycles. The van der Waals surface area contributed by atoms with Crippen LogP contribution in [0, 0.1) is 11.7 Å². The van der Waals surface area contributed by atoms with Crippen molar-refractivity contribution in [1.29, 1.82) is 0 Å². The van der Waals surface area contributed by atoms with E-state index >= 15 is 0 Å². The third-order valence-electron chi connectivity index (χ3n) is 5.33. The number of halogens is 2. The lowest BCUT2D eigenvalue weighted by Crippen LogP contribution is -2.55. The number of hydrogen-bond donors (Lipinski definition) is 3. The van der Waals surface area contributed by atoms with Crippen LogP contribution >= 0.6 is 0 Å². The summed E-state index contributed by atoms with van der Waals surface area (Å²) in [5.41, 5.74) is 5.72. The Bertz CT molecular complexity index is 827. The predicted octanol–water partition coefficient (Wildman–Crippen LogP) is 3.31. The number of carbonyl (C=O) groups is 2. The Morgan fingerprint density at radius 3 is 2.53 bits per heavy atom. The van der Waals surface area contributed by atoms with E-state index in [9.17, 15) is 18.4 Å². The molecule has 7 nitrogen and oxygen atoms in total. The first-order valence-corrected chi connectivity index (χ1v) is 10.2. The summed E-state index contributed by atoms with van der Waals surface area (Å²) in [5, 5.41) is 5.65. The number of hydrogen-bond acceptors (Lipinski definition) is 5. The van der Waals surface area contributed by atoms with E-state index in [1.54, 1.807) is 20.8 Å². The van der Waals surface area contributed by atoms with Crippen LogP contribution in [-0.4, -0.2) is 53.8 Å². The van der Waals surface area contributed by atoms with E-state index in [2.05, 4.69) is 17.6 Å². The van der Waals surface area contributed by atoms with Gasteiger partial charge >= 0.3 is 6.09 Å². The van der Waals surface area contributed by atoms with Crippen LogP contribution in [0.15, 0.2) is 12.1 Å². The van der Waals surface area contributed by atoms with Crippen LogP contribution in [0.4, 0.5) is 25.0 Å². The second kappa shape index (κ2) is 8.28. The molecular formula is C21H30F2N4O3. The number of piperidine rings is 1. The summed E-state index contributed by atoms with van der Waals surface area (Å²) >= 11 is 0. The number of rotatable bonds is 4. The Morgan fingerprint density at radius 1 is 1.27 bits per heavy atom. The predicted molar refractivity (Wildman–Crippen MR) is 111 cm³/mol. The molecule has 2 amide bonds. The maximum atomic E-state index is 14.6. The third kappa shape index (κ3) is 5.31. The molecule has 1 aromatic rings. The number of anilines is 2. The fourth-order valence-electron chi connectivity index (χ4n) is 3.41. The van der Waals surface area contributed by atoms with E-state index in [0.29, 0.717) is 11.6 Å². The van der Waals surface area contributed by atoms with E-state index in [0.717, 1.165) is 6.42 Å². The van der Waals surface area contributed by atoms with Gasteiger partial charge in [0, 0.05) is 19.1 Å². The molecule has 3 rings (SSSR count). The fourth-order valence-corrected chi connectivity index (χ4v) is 3.41. The number of nitrogens with one attached hydrogen (secondary N) is 2. The molecule has 1 saturated carbocycles. The van der Waals surface area contributed by atoms with Crippen molar-refractivity contribution in [3.8, 4) is 0 Å². The van der Waals surface area contributed by atoms with Gasteiger partial charge in [0.2, 0.25) is 0 Å². The van der Waals surface area contributed by atoms with Gasteiger partial charge in [0.15, 0.2) is 0 Å². The van der Waals surface area contributed by atoms with Crippen LogP contribution in [0.25, 0.3) is 0 Å². The molecule has 1 heterocycles. The smallest absolute Gasteiger partial charge is 0.410 e. The van der Waals surface area contributed by atoms with Gasteiger partial charge in [0.05, 0.1) is 23.0 Å². The quantitative estimate of drug-likeness (QED) is 0.645. The average molecular weight is 424 g/mol. The minimum atomic E-state index is -1.36. The standard InChI is InChI=1S/C21H30F2N4O3/c1-11-7-16(11)25-17-9-14(23)12(8-15(17)24)19(28)26-18-10-27(6-5-13(18)22)20(29)30-21(2,3)4/h8-9,11,13,16,18,25H,5-7,10,24H2,1-4H3,(H,26,28)/t11-,13+,16-,18+/m1/s1. The maximum Gasteiger partial charge on any atom is 0.410 e. The highest BCUT2D eigenvalue weighted by Crippen LogP contribution is 2.35. The van der Waals surface area contributed by atoms with Crippen molar-refractivity contribution >= 4 is 23.4 Å². The molecule has 9 heteroatoms. The largest absolute Gasteiger partial charge is 0.444 e. The van der Waals surface area contributed by atoms with E-state index in [1.807, 2.05) is 0 Å². The van der Waals surface area contributed by atoms with Crippen LogP contribution in [0.3, 0.4) is 0 Å². The van der Waals surface area contributed by atoms with Crippen LogP contribution in [0.2, 0.25) is 0 Å². The number of nitrogens with zero attached hydrogens (tertiary/aromatic N) is 1. The molecular weight excluding hydrogens is 394 g/mol. The van der Waals surface area contributed by atoms with Gasteiger partial charge in [0.1, 0.15) is 17.6 Å². The number of amides is 2. The molecule has 1 aromatic carbocycles. The van der Waals surface area contributed by atoms with Gasteiger partial charge < -0.3 is 26.0 Å². The minimum Gasteiger partial charge on any atom is -0.444 e. The Morgan fingerprint density at radius 2 is 1.93 bits per heavy atom. The summed E-state index contributed by atoms with van der Waals surface area (Å²) in [6.45, 7) is 7.41. The van der Waals surface area contributed by atoms with Crippen LogP contribution < -0.4 is 16.4 Å². The fraction of sp³-hybridized carbons (Fsp3) is 0.619. The highest BCUT2D eigenvalue weighted by atomic mass is 19.1. The van der Waals surface area contributed by atoms with Crippen LogP contribution in [0.1, 0.15) is 50.9 Å². The highest BCUT2D eigenvalue weighted by molar-refractivity contribution is 5.96. The van der Waals surface area contributed by atoms with Gasteiger partial charge in [-0.25, -0.2) is 13.6 Å². The highest BCUT2D eigenvalue weighted by Gasteiger charge is 2.36. The number of carbonyl (C=O) groups excluding carboxylic acids is 2. The van der Waals surface area contributed by atoms with Gasteiger partial charge in [0.25, 0.3) is 5.91 Å². The number of likely N-dealkylation sites (tertiary alicyclic amines) is 1. The molecule has 0 aromatic heterocycles. The molecule has 0 spiro atoms. The molecule has 0 radical (unpaired) electrons. The lowest BCUT2D eigenvalue weighted by molar-refractivity contribution is 0.0112. The molecule has 2 aliphatic rings. The van der Waals surface area contributed by atoms with Crippen molar-refractivity contribution in [2.24, 2.45) is 5.92 Å². The number of alkyl halides is 1. The van der Waals surface area contributed by atoms with Crippen molar-refractivity contribution in [2.75, 3.05) is 24.1 Å². The summed E-state index contributed by atoms with van der Waals surface area (Å²) in [6.07, 6.45) is -0.895. The lowest BCUT2D eigenvalue weighted by atomic mass is 10.0. The van der Waals surface area contributed by atoms with Crippen molar-refractivity contribution in [3.63, 3.8) is 0 Å². The summed E-state index contributed by atoms with van der Waals surface area (Å²) in [6, 6.07) is 1.72. The van der Waals surface area contributed by atoms with E-state index in [-0.39, 0.29) is 36.8 Å². The molecule has 166 valence electrons. The molecule has 0 unspecified atom stereocenters. The maximum absolute atomic E-state index is 14.6. The average Bonchev–Trinajstić information content (AvgIpc) is 3.32. The molecule has 2 fully saturated rings. The minimum absolute atomic E-state index is 0.0528. The summed E-state index contributed by atoms with van der Waals surface area (Å²) in [7, 11) is 0. The molecule has 0 bridgehead atoms. The third-order valence-corrected chi connectivity index (χ3v) is 5.33. The first-order chi connectivity index (χ1) is 13.9. The lowest BCUT2D eigenvalue weighted by Gasteiger charge is -2.36. The zero-order chi connectivity index (χ0) is 22.2. The monoisotopic (exact) mass is 424 g/mol. The van der Waals surface area contributed by atoms with Crippen LogP contribution in [-0.2, 0) is 4.74 Å². The number of nitrogens with two attached hydrogens (primary N) is 1. The number of ether oxygens (including phenoxy) is 1. The Labute approximate surface area is 175 Å². The Hall–Kier alpha value is -2.58. The Kier molecular flexibility index (Phi) is 6.10. The van der Waals surface area contributed by atoms with E-state index in [4.69, 9.17) is 10.5 Å². The molecule has 1 saturated heterocycles. The zero-order valence-electron chi connectivity index (χ0n) is 17.8. The van der Waals surface area contributed by atoms with E-state index in [1.165, 1.54) is 17.0 Å². The molecule has 4 N–H and O–H groups in total. The Balaban J connectivity index is 1.66. The molecule has 4 atom stereocenters. The van der Waals surface area contributed by atoms with Gasteiger partial charge in [-0.05, 0) is 51.7 Å². The SMILES string of the molecule is C[C@@H]1C[C@H]1Nc1cc(F)c(C(=O)N[C@H]2CN(C(=O)OC(C)(C)C)CC[C@@H]2F)cc1N. The zero-order valence-corrected chi connectivity index (χ0v) is 17.8. The van der Waals surface area contributed by atoms with Crippen molar-refractivity contribution in [3.05, 3.63) is 23.5 Å².